The molecular formula is C43H73NO11. The Morgan fingerprint density at radius 1 is 0.927 bits per heavy atom. The number of hydroxylamine groups is 1. The molecule has 5 aliphatic heterocycles. The van der Waals surface area contributed by atoms with E-state index < -0.39 is 52.9 Å². The maximum atomic E-state index is 14.5. The van der Waals surface area contributed by atoms with Crippen molar-refractivity contribution in [3.63, 3.8) is 0 Å². The maximum absolute atomic E-state index is 14.5. The summed E-state index contributed by atoms with van der Waals surface area (Å²) < 4.78 is 33.7. The zero-order chi connectivity index (χ0) is 40.7. The van der Waals surface area contributed by atoms with Crippen LogP contribution in [0.4, 0.5) is 0 Å². The van der Waals surface area contributed by atoms with Gasteiger partial charge in [0.1, 0.15) is 11.9 Å². The van der Waals surface area contributed by atoms with E-state index in [-0.39, 0.29) is 65.7 Å². The van der Waals surface area contributed by atoms with Crippen molar-refractivity contribution in [2.24, 2.45) is 41.4 Å². The van der Waals surface area contributed by atoms with Gasteiger partial charge in [-0.3, -0.25) is 14.4 Å². The summed E-state index contributed by atoms with van der Waals surface area (Å²) in [7, 11) is 1.42. The van der Waals surface area contributed by atoms with E-state index in [2.05, 4.69) is 26.3 Å². The number of ether oxygens (including phenoxy) is 5. The van der Waals surface area contributed by atoms with Gasteiger partial charge in [0.25, 0.3) is 0 Å². The van der Waals surface area contributed by atoms with Crippen LogP contribution in [0.15, 0.2) is 12.2 Å². The number of aliphatic hydroxyl groups excluding tert-OH is 2. The molecule has 5 rings (SSSR count). The van der Waals surface area contributed by atoms with Crippen molar-refractivity contribution in [1.82, 2.24) is 5.48 Å². The third-order valence-corrected chi connectivity index (χ3v) is 14.7. The first kappa shape index (κ1) is 44.6. The van der Waals surface area contributed by atoms with Gasteiger partial charge in [0.05, 0.1) is 60.9 Å². The molecule has 12 heteroatoms. The first-order valence-corrected chi connectivity index (χ1v) is 21.4. The predicted molar refractivity (Wildman–Crippen MR) is 206 cm³/mol. The summed E-state index contributed by atoms with van der Waals surface area (Å²) >= 11 is 0. The molecule has 0 aliphatic carbocycles. The van der Waals surface area contributed by atoms with Crippen LogP contribution in [0.2, 0.25) is 0 Å². The SMILES string of the molecule is CCC(C(=O)NOC)C1CCC(C)C(C(C)C(O)C(C)C(=O)C(CC)C2OC3(C=CC(O)C4(CCC(C)(C5CCC(O)(CC)C(C)O5)O4)O3)C(C)CC2C)O1. The molecule has 0 aromatic rings. The largest absolute Gasteiger partial charge is 0.392 e. The third kappa shape index (κ3) is 8.51. The van der Waals surface area contributed by atoms with Crippen LogP contribution in [0.3, 0.4) is 0 Å². The molecule has 18 unspecified atom stereocenters. The quantitative estimate of drug-likeness (QED) is 0.133. The lowest BCUT2D eigenvalue weighted by Gasteiger charge is -2.54. The predicted octanol–water partition coefficient (Wildman–Crippen LogP) is 5.78. The minimum absolute atomic E-state index is 0.0203. The highest BCUT2D eigenvalue weighted by molar-refractivity contribution is 5.84. The smallest absolute Gasteiger partial charge is 0.249 e. The average Bonchev–Trinajstić information content (AvgIpc) is 3.50. The Morgan fingerprint density at radius 2 is 1.62 bits per heavy atom. The summed E-state index contributed by atoms with van der Waals surface area (Å²) in [5.41, 5.74) is 0.825. The van der Waals surface area contributed by atoms with E-state index in [1.165, 1.54) is 7.11 Å². The van der Waals surface area contributed by atoms with Crippen LogP contribution in [-0.4, -0.2) is 99.6 Å². The van der Waals surface area contributed by atoms with Crippen molar-refractivity contribution < 1.29 is 53.4 Å². The number of ketones is 1. The summed E-state index contributed by atoms with van der Waals surface area (Å²) in [6.07, 6.45) is 6.00. The topological polar surface area (TPSA) is 162 Å². The number of nitrogens with one attached hydrogen (secondary N) is 1. The second-order valence-electron chi connectivity index (χ2n) is 18.2. The fourth-order valence-corrected chi connectivity index (χ4v) is 10.7. The van der Waals surface area contributed by atoms with Crippen LogP contribution in [0.1, 0.15) is 133 Å². The first-order chi connectivity index (χ1) is 25.8. The van der Waals surface area contributed by atoms with E-state index in [1.54, 1.807) is 19.1 Å². The molecule has 2 spiro atoms. The number of rotatable bonds is 13. The molecule has 55 heavy (non-hydrogen) atoms. The molecule has 4 saturated heterocycles. The highest BCUT2D eigenvalue weighted by Gasteiger charge is 2.63. The first-order valence-electron chi connectivity index (χ1n) is 21.4. The van der Waals surface area contributed by atoms with Crippen molar-refractivity contribution in [2.75, 3.05) is 7.11 Å². The van der Waals surface area contributed by atoms with Gasteiger partial charge in [-0.1, -0.05) is 55.4 Å². The second kappa shape index (κ2) is 17.4. The highest BCUT2D eigenvalue weighted by Crippen LogP contribution is 2.54. The van der Waals surface area contributed by atoms with Crippen LogP contribution in [-0.2, 0) is 38.1 Å². The molecule has 0 bridgehead atoms. The Labute approximate surface area is 329 Å². The van der Waals surface area contributed by atoms with E-state index in [4.69, 9.17) is 28.5 Å². The molecular weight excluding hydrogens is 706 g/mol. The Hall–Kier alpha value is -1.48. The molecule has 12 nitrogen and oxygen atoms in total. The molecule has 1 amide bonds. The highest BCUT2D eigenvalue weighted by atomic mass is 16.8. The normalized spacial score (nSPS) is 44.9. The van der Waals surface area contributed by atoms with Gasteiger partial charge in [-0.2, -0.15) is 0 Å². The molecule has 0 aromatic heterocycles. The molecule has 316 valence electrons. The standard InChI is InChI=1S/C43H73NO11/c1-12-30(39(48)44-50-11)32-16-15-24(4)37(52-32)28(8)35(46)27(7)36(47)31(13-2)38-25(5)23-26(6)42(53-38)20-17-33(45)43(55-42)22-21-40(10,54-43)34-18-19-41(49,14-3)29(9)51-34/h17,20,24-35,37-38,45-46,49H,12-16,18-19,21-23H2,1-11H3,(H,44,48). The Bertz CT molecular complexity index is 1360. The Kier molecular flexibility index (Phi) is 14.1. The lowest BCUT2D eigenvalue weighted by Crippen LogP contribution is -2.63. The van der Waals surface area contributed by atoms with E-state index in [0.29, 0.717) is 44.9 Å². The number of hydrogen-bond acceptors (Lipinski definition) is 11. The Morgan fingerprint density at radius 3 is 2.24 bits per heavy atom. The number of aliphatic hydroxyl groups is 3. The van der Waals surface area contributed by atoms with Gasteiger partial charge < -0.3 is 39.0 Å². The number of amides is 1. The molecule has 4 N–H and O–H groups in total. The number of hydrogen-bond donors (Lipinski definition) is 4. The van der Waals surface area contributed by atoms with Gasteiger partial charge in [-0.25, -0.2) is 5.48 Å². The second-order valence-corrected chi connectivity index (χ2v) is 18.2. The van der Waals surface area contributed by atoms with Gasteiger partial charge in [0.15, 0.2) is 5.79 Å². The van der Waals surface area contributed by atoms with Crippen molar-refractivity contribution in [3.8, 4) is 0 Å². The zero-order valence-electron chi connectivity index (χ0n) is 35.4. The van der Waals surface area contributed by atoms with Gasteiger partial charge in [-0.15, -0.1) is 0 Å². The van der Waals surface area contributed by atoms with Crippen LogP contribution in [0.25, 0.3) is 0 Å². The van der Waals surface area contributed by atoms with Crippen molar-refractivity contribution in [1.29, 1.82) is 0 Å². The fraction of sp³-hybridized carbons (Fsp3) is 0.907. The lowest BCUT2D eigenvalue weighted by atomic mass is 9.72. The summed E-state index contributed by atoms with van der Waals surface area (Å²) in [5, 5.41) is 34.3. The molecule has 18 atom stereocenters. The molecule has 0 saturated carbocycles. The molecule has 5 aliphatic rings. The summed E-state index contributed by atoms with van der Waals surface area (Å²) in [5.74, 6) is -4.78. The third-order valence-electron chi connectivity index (χ3n) is 14.7. The number of carbonyl (C=O) groups is 2. The van der Waals surface area contributed by atoms with E-state index in [1.807, 2.05) is 41.5 Å². The minimum atomic E-state index is -1.37. The van der Waals surface area contributed by atoms with Crippen LogP contribution < -0.4 is 5.48 Å². The van der Waals surface area contributed by atoms with Crippen molar-refractivity contribution >= 4 is 11.7 Å². The molecule has 4 fully saturated rings. The molecule has 0 aromatic carbocycles. The average molecular weight is 780 g/mol. The lowest BCUT2D eigenvalue weighted by molar-refractivity contribution is -0.409. The monoisotopic (exact) mass is 780 g/mol. The summed E-state index contributed by atoms with van der Waals surface area (Å²) in [6, 6.07) is 0. The Balaban J connectivity index is 1.30. The minimum Gasteiger partial charge on any atom is -0.392 e. The zero-order valence-corrected chi connectivity index (χ0v) is 35.4. The summed E-state index contributed by atoms with van der Waals surface area (Å²) in [6.45, 7) is 19.8. The fourth-order valence-electron chi connectivity index (χ4n) is 10.7. The summed E-state index contributed by atoms with van der Waals surface area (Å²) in [4.78, 5) is 32.1. The van der Waals surface area contributed by atoms with Gasteiger partial charge in [0, 0.05) is 30.1 Å². The van der Waals surface area contributed by atoms with E-state index in [0.717, 1.165) is 19.3 Å². The van der Waals surface area contributed by atoms with Crippen molar-refractivity contribution in [3.05, 3.63) is 12.2 Å². The van der Waals surface area contributed by atoms with Gasteiger partial charge in [0.2, 0.25) is 11.7 Å². The van der Waals surface area contributed by atoms with Gasteiger partial charge >= 0.3 is 0 Å². The van der Waals surface area contributed by atoms with E-state index >= 15 is 0 Å². The van der Waals surface area contributed by atoms with Crippen LogP contribution in [0.5, 0.6) is 0 Å². The van der Waals surface area contributed by atoms with Crippen molar-refractivity contribution in [2.45, 2.75) is 199 Å². The van der Waals surface area contributed by atoms with E-state index in [9.17, 15) is 24.9 Å². The van der Waals surface area contributed by atoms with Crippen LogP contribution >= 0.6 is 0 Å². The number of Topliss-reactive ketones (excluding diaryl/α,β-unsaturated/α-hetero) is 1. The number of carbonyl (C=O) groups excluding carboxylic acids is 2. The molecule has 5 heterocycles. The molecule has 0 radical (unpaired) electrons. The van der Waals surface area contributed by atoms with Gasteiger partial charge in [-0.05, 0) is 95.6 Å². The maximum Gasteiger partial charge on any atom is 0.249 e. The van der Waals surface area contributed by atoms with Crippen LogP contribution in [0, 0.1) is 41.4 Å².